The highest BCUT2D eigenvalue weighted by Crippen LogP contribution is 2.36. The highest BCUT2D eigenvalue weighted by Gasteiger charge is 2.45. The van der Waals surface area contributed by atoms with Crippen LogP contribution >= 0.6 is 11.6 Å². The number of halogens is 1. The third kappa shape index (κ3) is 8.73. The zero-order valence-electron chi connectivity index (χ0n) is 36.8. The van der Waals surface area contributed by atoms with Crippen molar-refractivity contribution in [2.24, 2.45) is 0 Å². The van der Waals surface area contributed by atoms with Crippen molar-refractivity contribution in [2.75, 3.05) is 61.5 Å². The molecule has 0 unspecified atom stereocenters. The van der Waals surface area contributed by atoms with Crippen molar-refractivity contribution in [3.63, 3.8) is 0 Å². The van der Waals surface area contributed by atoms with Crippen LogP contribution in [0, 0.1) is 0 Å². The van der Waals surface area contributed by atoms with Gasteiger partial charge in [0.15, 0.2) is 18.2 Å². The van der Waals surface area contributed by atoms with Crippen molar-refractivity contribution in [1.29, 1.82) is 0 Å². The van der Waals surface area contributed by atoms with Gasteiger partial charge in [0.1, 0.15) is 11.1 Å². The Bertz CT molecular complexity index is 2630. The number of anilines is 4. The molecule has 342 valence electrons. The second-order valence-corrected chi connectivity index (χ2v) is 18.2. The normalized spacial score (nSPS) is 22.9. The maximum atomic E-state index is 13.4. The summed E-state index contributed by atoms with van der Waals surface area (Å²) in [6.45, 7) is 9.66. The Kier molecular flexibility index (Phi) is 12.2. The molecule has 0 spiro atoms. The van der Waals surface area contributed by atoms with Gasteiger partial charge in [-0.2, -0.15) is 4.98 Å². The van der Waals surface area contributed by atoms with Crippen molar-refractivity contribution in [3.8, 4) is 5.75 Å². The summed E-state index contributed by atoms with van der Waals surface area (Å²) in [4.78, 5) is 93.2. The first-order valence-electron chi connectivity index (χ1n) is 22.3. The predicted octanol–water partition coefficient (Wildman–Crippen LogP) is 4.02. The van der Waals surface area contributed by atoms with Crippen molar-refractivity contribution in [1.82, 2.24) is 35.0 Å². The fraction of sp³-hybridized carbons (Fsp3) is 0.478. The van der Waals surface area contributed by atoms with Gasteiger partial charge in [-0.1, -0.05) is 11.6 Å². The number of pyridine rings is 1. The number of carbonyl (C=O) groups excluding carboxylic acids is 5. The monoisotopic (exact) mass is 908 g/mol. The van der Waals surface area contributed by atoms with Gasteiger partial charge in [-0.05, 0) is 95.3 Å². The lowest BCUT2D eigenvalue weighted by molar-refractivity contribution is -0.136. The minimum atomic E-state index is -0.988. The molecule has 3 N–H and O–H groups in total. The summed E-state index contributed by atoms with van der Waals surface area (Å²) in [7, 11) is 1.51. The van der Waals surface area contributed by atoms with Crippen molar-refractivity contribution in [3.05, 3.63) is 75.2 Å². The molecule has 1 aliphatic carbocycles. The lowest BCUT2D eigenvalue weighted by atomic mass is 9.86. The molecule has 2 atom stereocenters. The Morgan fingerprint density at radius 3 is 2.42 bits per heavy atom. The first-order valence-corrected chi connectivity index (χ1v) is 22.7. The van der Waals surface area contributed by atoms with Crippen LogP contribution < -0.4 is 36.0 Å². The van der Waals surface area contributed by atoms with E-state index in [0.29, 0.717) is 34.1 Å². The molecule has 5 amide bonds. The van der Waals surface area contributed by atoms with E-state index in [1.807, 2.05) is 38.1 Å². The average Bonchev–Trinajstić information content (AvgIpc) is 3.52. The Labute approximate surface area is 380 Å². The summed E-state index contributed by atoms with van der Waals surface area (Å²) in [5.74, 6) is -1.24. The van der Waals surface area contributed by atoms with Crippen LogP contribution in [0.1, 0.15) is 86.1 Å². The minimum absolute atomic E-state index is 0.0816. The molecule has 2 aromatic heterocycles. The molecule has 9 rings (SSSR count). The van der Waals surface area contributed by atoms with E-state index in [0.717, 1.165) is 79.9 Å². The number of piperazine rings is 1. The standard InChI is InChI=1S/C46H53ClN10O8/c1-25(2)56-36-8-5-28(17-27(36)18-38(45(56)63)64-24-40(59)48-4)50-41-35(47)22-49-46(52-41)53-13-11-31(12-14-53)65-32-19-30(20-32)55-16-15-54(23-26(55)3)29-6-7-33-34(21-29)44(62)57(43(33)61)37-9-10-39(58)51-42(37)60/h5-8,17-18,21-22,25-26,30-32,37H,9-16,19-20,23-24H2,1-4H3,(H,48,59)(H,49,50,52)(H,51,58,60)/t26-,30?,32?,37+/m0/s1. The maximum absolute atomic E-state index is 13.4. The number of likely N-dealkylation sites (N-methyl/N-ethyl adjacent to an activating group) is 1. The highest BCUT2D eigenvalue weighted by atomic mass is 35.5. The van der Waals surface area contributed by atoms with E-state index in [1.165, 1.54) is 7.05 Å². The average molecular weight is 909 g/mol. The maximum Gasteiger partial charge on any atom is 0.293 e. The van der Waals surface area contributed by atoms with E-state index in [9.17, 15) is 28.8 Å². The topological polar surface area (TPSA) is 201 Å². The van der Waals surface area contributed by atoms with E-state index in [4.69, 9.17) is 26.1 Å². The van der Waals surface area contributed by atoms with Crippen LogP contribution in [0.15, 0.2) is 53.5 Å². The zero-order chi connectivity index (χ0) is 45.7. The third-order valence-corrected chi connectivity index (χ3v) is 13.5. The van der Waals surface area contributed by atoms with Gasteiger partial charge in [0.25, 0.3) is 23.3 Å². The lowest BCUT2D eigenvalue weighted by Crippen LogP contribution is -2.60. The number of carbonyl (C=O) groups is 5. The van der Waals surface area contributed by atoms with Crippen molar-refractivity contribution < 1.29 is 33.4 Å². The smallest absolute Gasteiger partial charge is 0.293 e. The molecule has 3 saturated heterocycles. The second kappa shape index (κ2) is 18.0. The number of nitrogens with one attached hydrogen (secondary N) is 3. The number of nitrogens with zero attached hydrogens (tertiary/aromatic N) is 7. The Morgan fingerprint density at radius 2 is 1.69 bits per heavy atom. The van der Waals surface area contributed by atoms with E-state index in [2.05, 4.69) is 42.6 Å². The quantitative estimate of drug-likeness (QED) is 0.172. The molecule has 19 heteroatoms. The number of benzene rings is 2. The fourth-order valence-corrected chi connectivity index (χ4v) is 9.89. The van der Waals surface area contributed by atoms with Crippen LogP contribution in [-0.4, -0.2) is 131 Å². The van der Waals surface area contributed by atoms with Gasteiger partial charge in [-0.15, -0.1) is 0 Å². The number of aromatic nitrogens is 3. The predicted molar refractivity (Wildman–Crippen MR) is 243 cm³/mol. The Hall–Kier alpha value is -6.11. The molecule has 4 aliphatic heterocycles. The molecule has 0 radical (unpaired) electrons. The number of fused-ring (bicyclic) bond motifs is 2. The van der Waals surface area contributed by atoms with Gasteiger partial charge in [-0.25, -0.2) is 4.98 Å². The summed E-state index contributed by atoms with van der Waals surface area (Å²) >= 11 is 6.60. The number of piperidine rings is 2. The van der Waals surface area contributed by atoms with Crippen molar-refractivity contribution in [2.45, 2.75) is 95.7 Å². The molecule has 2 aromatic carbocycles. The van der Waals surface area contributed by atoms with Crippen LogP contribution in [0.2, 0.25) is 5.02 Å². The van der Waals surface area contributed by atoms with E-state index < -0.39 is 29.7 Å². The van der Waals surface area contributed by atoms with Crippen molar-refractivity contribution >= 4 is 75.2 Å². The van der Waals surface area contributed by atoms with Gasteiger partial charge >= 0.3 is 0 Å². The number of ether oxygens (including phenoxy) is 2. The molecule has 4 fully saturated rings. The summed E-state index contributed by atoms with van der Waals surface area (Å²) in [5.41, 5.74) is 2.56. The number of imide groups is 2. The van der Waals surface area contributed by atoms with E-state index >= 15 is 0 Å². The summed E-state index contributed by atoms with van der Waals surface area (Å²) < 4.78 is 13.9. The number of rotatable bonds is 12. The van der Waals surface area contributed by atoms with Crippen LogP contribution in [0.5, 0.6) is 5.75 Å². The molecular formula is C46H53ClN10O8. The highest BCUT2D eigenvalue weighted by molar-refractivity contribution is 6.33. The van der Waals surface area contributed by atoms with Gasteiger partial charge in [0, 0.05) is 81.1 Å². The molecule has 18 nitrogen and oxygen atoms in total. The molecule has 1 saturated carbocycles. The van der Waals surface area contributed by atoms with Crippen LogP contribution in [0.3, 0.4) is 0 Å². The molecule has 5 aliphatic rings. The second-order valence-electron chi connectivity index (χ2n) is 17.8. The third-order valence-electron chi connectivity index (χ3n) is 13.3. The number of amides is 5. The van der Waals surface area contributed by atoms with Gasteiger partial charge in [-0.3, -0.25) is 43.9 Å². The first kappa shape index (κ1) is 44.1. The summed E-state index contributed by atoms with van der Waals surface area (Å²) in [5, 5.41) is 9.18. The molecule has 4 aromatic rings. The SMILES string of the molecule is CNC(=O)COc1cc2cc(Nc3nc(N4CCC(OC5CC(N6CCN(c7ccc8c(c7)C(=O)N([C@@H]7CCC(=O)NC7=O)C8=O)C[C@@H]6C)C5)CC4)ncc3Cl)ccc2n(C(C)C)c1=O. The van der Waals surface area contributed by atoms with Gasteiger partial charge in [0.2, 0.25) is 17.8 Å². The molecule has 65 heavy (non-hydrogen) atoms. The molecular weight excluding hydrogens is 856 g/mol. The number of hydrogen-bond acceptors (Lipinski definition) is 14. The Balaban J connectivity index is 0.756. The summed E-state index contributed by atoms with van der Waals surface area (Å²) in [6.07, 6.45) is 5.78. The molecule has 0 bridgehead atoms. The van der Waals surface area contributed by atoms with E-state index in [-0.39, 0.29) is 66.5 Å². The first-order chi connectivity index (χ1) is 31.3. The van der Waals surface area contributed by atoms with Crippen LogP contribution in [0.4, 0.5) is 23.1 Å². The summed E-state index contributed by atoms with van der Waals surface area (Å²) in [6, 6.07) is 12.1. The molecule has 6 heterocycles. The minimum Gasteiger partial charge on any atom is -0.478 e. The fourth-order valence-electron chi connectivity index (χ4n) is 9.75. The zero-order valence-corrected chi connectivity index (χ0v) is 37.6. The van der Waals surface area contributed by atoms with E-state index in [1.54, 1.807) is 29.0 Å². The van der Waals surface area contributed by atoms with Crippen LogP contribution in [-0.2, 0) is 19.1 Å². The van der Waals surface area contributed by atoms with Gasteiger partial charge in [0.05, 0.1) is 35.0 Å². The van der Waals surface area contributed by atoms with Crippen LogP contribution in [0.25, 0.3) is 10.9 Å². The van der Waals surface area contributed by atoms with Gasteiger partial charge < -0.3 is 34.5 Å². The largest absolute Gasteiger partial charge is 0.478 e. The Morgan fingerprint density at radius 1 is 0.923 bits per heavy atom. The number of hydrogen-bond donors (Lipinski definition) is 3. The lowest BCUT2D eigenvalue weighted by Gasteiger charge is -2.50.